The first-order chi connectivity index (χ1) is 10.3. The minimum Gasteiger partial charge on any atom is -0.481 e. The molecule has 22 heavy (non-hydrogen) atoms. The standard InChI is InChI=1S/C16H20N2O4/c1-16(2,3)10-7-11(18-22-10)17-14(19)12-8-4-5-9(6-8)13(12)15(20)21/h4-5,7-9,12-13H,6H2,1-3H3,(H,20,21)(H,17,18,19). The van der Waals surface area contributed by atoms with Gasteiger partial charge in [-0.25, -0.2) is 0 Å². The van der Waals surface area contributed by atoms with Crippen LogP contribution in [0.3, 0.4) is 0 Å². The average molecular weight is 304 g/mol. The highest BCUT2D eigenvalue weighted by molar-refractivity contribution is 5.95. The summed E-state index contributed by atoms with van der Waals surface area (Å²) >= 11 is 0. The van der Waals surface area contributed by atoms with Gasteiger partial charge in [0, 0.05) is 11.5 Å². The number of nitrogens with zero attached hydrogens (tertiary/aromatic N) is 1. The number of nitrogens with one attached hydrogen (secondary N) is 1. The maximum atomic E-state index is 12.5. The van der Waals surface area contributed by atoms with Crippen LogP contribution in [0.1, 0.15) is 33.0 Å². The molecule has 0 saturated heterocycles. The molecule has 1 fully saturated rings. The van der Waals surface area contributed by atoms with Crippen LogP contribution in [0.4, 0.5) is 5.82 Å². The second-order valence-electron chi connectivity index (χ2n) is 7.15. The summed E-state index contributed by atoms with van der Waals surface area (Å²) in [5.41, 5.74) is -0.200. The minimum absolute atomic E-state index is 0.0000811. The molecule has 1 amide bonds. The molecule has 0 spiro atoms. The van der Waals surface area contributed by atoms with Crippen molar-refractivity contribution in [2.75, 3.05) is 5.32 Å². The minimum atomic E-state index is -0.910. The van der Waals surface area contributed by atoms with Crippen molar-refractivity contribution in [1.29, 1.82) is 0 Å². The molecule has 0 aromatic carbocycles. The summed E-state index contributed by atoms with van der Waals surface area (Å²) in [6, 6.07) is 1.69. The van der Waals surface area contributed by atoms with Crippen LogP contribution >= 0.6 is 0 Å². The lowest BCUT2D eigenvalue weighted by Gasteiger charge is -2.23. The first-order valence-corrected chi connectivity index (χ1v) is 7.46. The number of carbonyl (C=O) groups is 2. The predicted octanol–water partition coefficient (Wildman–Crippen LogP) is 2.43. The highest BCUT2D eigenvalue weighted by atomic mass is 16.5. The van der Waals surface area contributed by atoms with E-state index in [1.807, 2.05) is 32.9 Å². The van der Waals surface area contributed by atoms with E-state index >= 15 is 0 Å². The summed E-state index contributed by atoms with van der Waals surface area (Å²) in [6.45, 7) is 5.96. The first-order valence-electron chi connectivity index (χ1n) is 7.46. The number of carbonyl (C=O) groups excluding carboxylic acids is 1. The molecule has 1 saturated carbocycles. The number of allylic oxidation sites excluding steroid dienone is 2. The van der Waals surface area contributed by atoms with E-state index in [0.29, 0.717) is 11.6 Å². The van der Waals surface area contributed by atoms with Crippen molar-refractivity contribution in [3.05, 3.63) is 24.0 Å². The number of carboxylic acid groups (broad SMARTS) is 1. The van der Waals surface area contributed by atoms with E-state index < -0.39 is 17.8 Å². The Morgan fingerprint density at radius 2 is 1.91 bits per heavy atom. The molecule has 0 radical (unpaired) electrons. The zero-order valence-electron chi connectivity index (χ0n) is 12.9. The van der Waals surface area contributed by atoms with Gasteiger partial charge >= 0.3 is 5.97 Å². The monoisotopic (exact) mass is 304 g/mol. The molecule has 2 bridgehead atoms. The molecule has 4 unspecified atom stereocenters. The van der Waals surface area contributed by atoms with Gasteiger partial charge in [-0.15, -0.1) is 0 Å². The van der Waals surface area contributed by atoms with Crippen LogP contribution in [0, 0.1) is 23.7 Å². The fourth-order valence-electron chi connectivity index (χ4n) is 3.41. The Bertz CT molecular complexity index is 641. The fourth-order valence-corrected chi connectivity index (χ4v) is 3.41. The van der Waals surface area contributed by atoms with Crippen molar-refractivity contribution < 1.29 is 19.2 Å². The largest absolute Gasteiger partial charge is 0.481 e. The highest BCUT2D eigenvalue weighted by Gasteiger charge is 2.51. The third-order valence-electron chi connectivity index (χ3n) is 4.55. The van der Waals surface area contributed by atoms with Crippen molar-refractivity contribution >= 4 is 17.7 Å². The van der Waals surface area contributed by atoms with Gasteiger partial charge < -0.3 is 14.9 Å². The van der Waals surface area contributed by atoms with E-state index in [9.17, 15) is 14.7 Å². The van der Waals surface area contributed by atoms with Crippen LogP contribution in [0.25, 0.3) is 0 Å². The lowest BCUT2D eigenvalue weighted by Crippen LogP contribution is -2.36. The molecule has 118 valence electrons. The van der Waals surface area contributed by atoms with E-state index in [2.05, 4.69) is 10.5 Å². The van der Waals surface area contributed by atoms with Crippen molar-refractivity contribution in [2.24, 2.45) is 23.7 Å². The summed E-state index contributed by atoms with van der Waals surface area (Å²) in [5, 5.41) is 15.9. The number of hydrogen-bond donors (Lipinski definition) is 2. The molecule has 2 N–H and O–H groups in total. The molecular formula is C16H20N2O4. The molecule has 1 aromatic heterocycles. The van der Waals surface area contributed by atoms with Crippen molar-refractivity contribution in [2.45, 2.75) is 32.6 Å². The number of rotatable bonds is 3. The zero-order chi connectivity index (χ0) is 16.1. The van der Waals surface area contributed by atoms with E-state index in [1.54, 1.807) is 6.07 Å². The normalized spacial score (nSPS) is 29.8. The fraction of sp³-hybridized carbons (Fsp3) is 0.562. The number of aliphatic carboxylic acids is 1. The smallest absolute Gasteiger partial charge is 0.307 e. The van der Waals surface area contributed by atoms with E-state index in [-0.39, 0.29) is 23.2 Å². The molecular weight excluding hydrogens is 284 g/mol. The Kier molecular flexibility index (Phi) is 3.34. The van der Waals surface area contributed by atoms with Gasteiger partial charge in [-0.3, -0.25) is 9.59 Å². The molecule has 4 atom stereocenters. The Morgan fingerprint density at radius 1 is 1.27 bits per heavy atom. The molecule has 2 aliphatic carbocycles. The molecule has 2 aliphatic rings. The van der Waals surface area contributed by atoms with Crippen LogP contribution in [0.5, 0.6) is 0 Å². The third-order valence-corrected chi connectivity index (χ3v) is 4.55. The van der Waals surface area contributed by atoms with Crippen molar-refractivity contribution in [1.82, 2.24) is 5.16 Å². The molecule has 6 heteroatoms. The van der Waals surface area contributed by atoms with Gasteiger partial charge in [0.1, 0.15) is 5.76 Å². The van der Waals surface area contributed by atoms with E-state index in [4.69, 9.17) is 4.52 Å². The van der Waals surface area contributed by atoms with Gasteiger partial charge in [0.2, 0.25) is 5.91 Å². The van der Waals surface area contributed by atoms with Gasteiger partial charge in [-0.05, 0) is 18.3 Å². The summed E-state index contributed by atoms with van der Waals surface area (Å²) in [5.74, 6) is -1.42. The topological polar surface area (TPSA) is 92.4 Å². The predicted molar refractivity (Wildman–Crippen MR) is 79.2 cm³/mol. The Hall–Kier alpha value is -2.11. The molecule has 0 aliphatic heterocycles. The quantitative estimate of drug-likeness (QED) is 0.837. The Balaban J connectivity index is 1.76. The van der Waals surface area contributed by atoms with Gasteiger partial charge in [0.25, 0.3) is 0 Å². The molecule has 6 nitrogen and oxygen atoms in total. The van der Waals surface area contributed by atoms with Crippen molar-refractivity contribution in [3.63, 3.8) is 0 Å². The van der Waals surface area contributed by atoms with Gasteiger partial charge in [0.05, 0.1) is 11.8 Å². The Morgan fingerprint density at radius 3 is 2.45 bits per heavy atom. The van der Waals surface area contributed by atoms with Crippen molar-refractivity contribution in [3.8, 4) is 0 Å². The van der Waals surface area contributed by atoms with Crippen LogP contribution in [-0.4, -0.2) is 22.1 Å². The Labute approximate surface area is 128 Å². The zero-order valence-corrected chi connectivity index (χ0v) is 12.9. The third kappa shape index (κ3) is 2.42. The van der Waals surface area contributed by atoms with Crippen LogP contribution in [0.2, 0.25) is 0 Å². The highest BCUT2D eigenvalue weighted by Crippen LogP contribution is 2.48. The number of hydrogen-bond acceptors (Lipinski definition) is 4. The summed E-state index contributed by atoms with van der Waals surface area (Å²) in [7, 11) is 0. The maximum Gasteiger partial charge on any atom is 0.307 e. The number of amides is 1. The van der Waals surface area contributed by atoms with Gasteiger partial charge in [-0.1, -0.05) is 38.1 Å². The number of carboxylic acids is 1. The van der Waals surface area contributed by atoms with Gasteiger partial charge in [-0.2, -0.15) is 0 Å². The second kappa shape index (κ2) is 4.97. The van der Waals surface area contributed by atoms with E-state index in [1.165, 1.54) is 0 Å². The van der Waals surface area contributed by atoms with Gasteiger partial charge in [0.15, 0.2) is 5.82 Å². The molecule has 1 aromatic rings. The van der Waals surface area contributed by atoms with Crippen LogP contribution < -0.4 is 5.32 Å². The van der Waals surface area contributed by atoms with Crippen LogP contribution in [-0.2, 0) is 15.0 Å². The summed E-state index contributed by atoms with van der Waals surface area (Å²) in [4.78, 5) is 23.9. The average Bonchev–Trinajstić information content (AvgIpc) is 3.11. The molecule has 1 heterocycles. The molecule has 3 rings (SSSR count). The first kappa shape index (κ1) is 14.8. The summed E-state index contributed by atoms with van der Waals surface area (Å²) in [6.07, 6.45) is 4.61. The summed E-state index contributed by atoms with van der Waals surface area (Å²) < 4.78 is 5.23. The lowest BCUT2D eigenvalue weighted by atomic mass is 9.82. The SMILES string of the molecule is CC(C)(C)c1cc(NC(=O)C2C3C=CC(C3)C2C(=O)O)no1. The number of fused-ring (bicyclic) bond motifs is 2. The number of aromatic nitrogens is 1. The lowest BCUT2D eigenvalue weighted by molar-refractivity contribution is -0.146. The van der Waals surface area contributed by atoms with E-state index in [0.717, 1.165) is 6.42 Å². The number of anilines is 1. The second-order valence-corrected chi connectivity index (χ2v) is 7.15. The maximum absolute atomic E-state index is 12.5. The van der Waals surface area contributed by atoms with Crippen LogP contribution in [0.15, 0.2) is 22.7 Å².